The summed E-state index contributed by atoms with van der Waals surface area (Å²) in [4.78, 5) is 14.4. The maximum Gasteiger partial charge on any atom is 0.238 e. The van der Waals surface area contributed by atoms with E-state index in [1.807, 2.05) is 24.3 Å². The van der Waals surface area contributed by atoms with Gasteiger partial charge >= 0.3 is 0 Å². The van der Waals surface area contributed by atoms with E-state index in [1.165, 1.54) is 19.3 Å². The summed E-state index contributed by atoms with van der Waals surface area (Å²) < 4.78 is 0. The molecule has 2 rings (SSSR count). The molecule has 0 aliphatic carbocycles. The van der Waals surface area contributed by atoms with Crippen LogP contribution < -0.4 is 11.1 Å². The number of likely N-dealkylation sites (tertiary alicyclic amines) is 1. The molecule has 0 saturated carbocycles. The summed E-state index contributed by atoms with van der Waals surface area (Å²) in [5.41, 5.74) is 7.50. The average Bonchev–Trinajstić information content (AvgIpc) is 2.64. The number of carbonyl (C=O) groups is 1. The second-order valence-electron chi connectivity index (χ2n) is 5.72. The molecule has 0 spiro atoms. The van der Waals surface area contributed by atoms with Gasteiger partial charge in [-0.25, -0.2) is 0 Å². The predicted octanol–water partition coefficient (Wildman–Crippen LogP) is 2.21. The number of hydrogen-bond acceptors (Lipinski definition) is 3. The summed E-state index contributed by atoms with van der Waals surface area (Å²) in [6.45, 7) is 5.26. The van der Waals surface area contributed by atoms with Gasteiger partial charge in [0.05, 0.1) is 6.54 Å². The normalized spacial score (nSPS) is 20.4. The van der Waals surface area contributed by atoms with Gasteiger partial charge in [0.1, 0.15) is 0 Å². The molecule has 20 heavy (non-hydrogen) atoms. The largest absolute Gasteiger partial charge is 0.326 e. The van der Waals surface area contributed by atoms with E-state index in [-0.39, 0.29) is 5.91 Å². The van der Waals surface area contributed by atoms with Crippen molar-refractivity contribution in [1.29, 1.82) is 0 Å². The number of nitrogens with zero attached hydrogens (tertiary/aromatic N) is 1. The third-order valence-electron chi connectivity index (χ3n) is 3.99. The first kappa shape index (κ1) is 15.0. The van der Waals surface area contributed by atoms with Crippen LogP contribution in [-0.2, 0) is 11.3 Å². The molecule has 1 atom stereocenters. The van der Waals surface area contributed by atoms with Gasteiger partial charge in [-0.3, -0.25) is 9.69 Å². The number of hydrogen-bond donors (Lipinski definition) is 2. The van der Waals surface area contributed by atoms with Gasteiger partial charge in [0.2, 0.25) is 5.91 Å². The Bertz CT molecular complexity index is 447. The highest BCUT2D eigenvalue weighted by molar-refractivity contribution is 5.93. The Labute approximate surface area is 121 Å². The Balaban J connectivity index is 1.88. The Hall–Kier alpha value is -1.39. The lowest BCUT2D eigenvalue weighted by atomic mass is 10.0. The van der Waals surface area contributed by atoms with Gasteiger partial charge in [-0.15, -0.1) is 0 Å². The van der Waals surface area contributed by atoms with Crippen molar-refractivity contribution in [3.8, 4) is 0 Å². The van der Waals surface area contributed by atoms with Crippen molar-refractivity contribution in [1.82, 2.24) is 4.90 Å². The molecule has 0 radical (unpaired) electrons. The third-order valence-corrected chi connectivity index (χ3v) is 3.99. The molecule has 1 aliphatic heterocycles. The van der Waals surface area contributed by atoms with Gasteiger partial charge in [0.15, 0.2) is 0 Å². The minimum Gasteiger partial charge on any atom is -0.326 e. The lowest BCUT2D eigenvalue weighted by Gasteiger charge is -2.19. The number of carbonyl (C=O) groups excluding carboxylic acids is 1. The van der Waals surface area contributed by atoms with Gasteiger partial charge < -0.3 is 11.1 Å². The molecular formula is C16H25N3O. The van der Waals surface area contributed by atoms with Gasteiger partial charge in [-0.05, 0) is 49.9 Å². The molecule has 1 amide bonds. The first-order valence-electron chi connectivity index (χ1n) is 7.49. The highest BCUT2D eigenvalue weighted by Crippen LogP contribution is 2.17. The maximum atomic E-state index is 12.1. The van der Waals surface area contributed by atoms with Gasteiger partial charge in [0.25, 0.3) is 0 Å². The van der Waals surface area contributed by atoms with E-state index < -0.39 is 0 Å². The van der Waals surface area contributed by atoms with Crippen LogP contribution in [0.4, 0.5) is 5.69 Å². The SMILES string of the molecule is CC1CCCN(CC(=O)Nc2ccccc2CN)CC1. The molecule has 1 saturated heterocycles. The molecular weight excluding hydrogens is 250 g/mol. The molecule has 1 aromatic carbocycles. The molecule has 1 aliphatic rings. The molecule has 4 heteroatoms. The molecule has 3 N–H and O–H groups in total. The second kappa shape index (κ2) is 7.41. The summed E-state index contributed by atoms with van der Waals surface area (Å²) in [6.07, 6.45) is 3.65. The van der Waals surface area contributed by atoms with Crippen molar-refractivity contribution in [2.24, 2.45) is 11.7 Å². The van der Waals surface area contributed by atoms with Crippen LogP contribution in [0.15, 0.2) is 24.3 Å². The van der Waals surface area contributed by atoms with E-state index in [9.17, 15) is 4.79 Å². The lowest BCUT2D eigenvalue weighted by Crippen LogP contribution is -2.34. The first-order chi connectivity index (χ1) is 9.69. The summed E-state index contributed by atoms with van der Waals surface area (Å²) >= 11 is 0. The topological polar surface area (TPSA) is 58.4 Å². The van der Waals surface area contributed by atoms with Gasteiger partial charge in [-0.2, -0.15) is 0 Å². The minimum atomic E-state index is 0.0560. The van der Waals surface area contributed by atoms with E-state index in [4.69, 9.17) is 5.73 Å². The highest BCUT2D eigenvalue weighted by Gasteiger charge is 2.16. The Morgan fingerprint density at radius 1 is 1.35 bits per heavy atom. The molecule has 1 heterocycles. The van der Waals surface area contributed by atoms with Crippen LogP contribution in [0.3, 0.4) is 0 Å². The molecule has 0 bridgehead atoms. The Morgan fingerprint density at radius 3 is 2.95 bits per heavy atom. The third kappa shape index (κ3) is 4.32. The van der Waals surface area contributed by atoms with Gasteiger partial charge in [-0.1, -0.05) is 25.1 Å². The van der Waals surface area contributed by atoms with Crippen molar-refractivity contribution in [3.05, 3.63) is 29.8 Å². The number of para-hydroxylation sites is 1. The standard InChI is InChI=1S/C16H25N3O/c1-13-5-4-9-19(10-8-13)12-16(20)18-15-7-3-2-6-14(15)11-17/h2-3,6-7,13H,4-5,8-12,17H2,1H3,(H,18,20). The number of rotatable bonds is 4. The fourth-order valence-corrected chi connectivity index (χ4v) is 2.69. The number of nitrogens with two attached hydrogens (primary N) is 1. The summed E-state index contributed by atoms with van der Waals surface area (Å²) in [6, 6.07) is 7.71. The number of anilines is 1. The monoisotopic (exact) mass is 275 g/mol. The first-order valence-corrected chi connectivity index (χ1v) is 7.49. The minimum absolute atomic E-state index is 0.0560. The van der Waals surface area contributed by atoms with Crippen molar-refractivity contribution in [2.75, 3.05) is 25.0 Å². The number of benzene rings is 1. The van der Waals surface area contributed by atoms with E-state index >= 15 is 0 Å². The van der Waals surface area contributed by atoms with Crippen LogP contribution in [0.1, 0.15) is 31.7 Å². The molecule has 4 nitrogen and oxygen atoms in total. The number of amides is 1. The van der Waals surface area contributed by atoms with Crippen LogP contribution in [0.2, 0.25) is 0 Å². The molecule has 1 aromatic rings. The van der Waals surface area contributed by atoms with Crippen molar-refractivity contribution in [2.45, 2.75) is 32.7 Å². The quantitative estimate of drug-likeness (QED) is 0.885. The molecule has 1 unspecified atom stereocenters. The molecule has 0 aromatic heterocycles. The van der Waals surface area contributed by atoms with E-state index in [0.29, 0.717) is 13.1 Å². The van der Waals surface area contributed by atoms with Crippen LogP contribution in [0, 0.1) is 5.92 Å². The van der Waals surface area contributed by atoms with Crippen molar-refractivity contribution < 1.29 is 4.79 Å². The zero-order chi connectivity index (χ0) is 14.4. The average molecular weight is 275 g/mol. The smallest absolute Gasteiger partial charge is 0.238 e. The maximum absolute atomic E-state index is 12.1. The van der Waals surface area contributed by atoms with E-state index in [1.54, 1.807) is 0 Å². The molecule has 1 fully saturated rings. The molecule has 110 valence electrons. The second-order valence-corrected chi connectivity index (χ2v) is 5.72. The van der Waals surface area contributed by atoms with Crippen LogP contribution >= 0.6 is 0 Å². The van der Waals surface area contributed by atoms with Gasteiger partial charge in [0, 0.05) is 12.2 Å². The predicted molar refractivity (Wildman–Crippen MR) is 82.4 cm³/mol. The van der Waals surface area contributed by atoms with Crippen LogP contribution in [0.25, 0.3) is 0 Å². The van der Waals surface area contributed by atoms with Crippen LogP contribution in [-0.4, -0.2) is 30.4 Å². The van der Waals surface area contributed by atoms with E-state index in [2.05, 4.69) is 17.1 Å². The lowest BCUT2D eigenvalue weighted by molar-refractivity contribution is -0.117. The number of nitrogens with one attached hydrogen (secondary N) is 1. The Morgan fingerprint density at radius 2 is 2.15 bits per heavy atom. The zero-order valence-corrected chi connectivity index (χ0v) is 12.3. The van der Waals surface area contributed by atoms with Crippen LogP contribution in [0.5, 0.6) is 0 Å². The summed E-state index contributed by atoms with van der Waals surface area (Å²) in [5.74, 6) is 0.835. The van der Waals surface area contributed by atoms with E-state index in [0.717, 1.165) is 30.3 Å². The fraction of sp³-hybridized carbons (Fsp3) is 0.562. The highest BCUT2D eigenvalue weighted by atomic mass is 16.2. The van der Waals surface area contributed by atoms with Crippen molar-refractivity contribution in [3.63, 3.8) is 0 Å². The Kier molecular flexibility index (Phi) is 5.56. The fourth-order valence-electron chi connectivity index (χ4n) is 2.69. The summed E-state index contributed by atoms with van der Waals surface area (Å²) in [5, 5.41) is 2.98. The van der Waals surface area contributed by atoms with Crippen molar-refractivity contribution >= 4 is 11.6 Å². The zero-order valence-electron chi connectivity index (χ0n) is 12.3. The summed E-state index contributed by atoms with van der Waals surface area (Å²) in [7, 11) is 0.